The topological polar surface area (TPSA) is 78.5 Å². The molecular formula is C20H20FN3O3. The zero-order valence-corrected chi connectivity index (χ0v) is 14.9. The van der Waals surface area contributed by atoms with Crippen molar-refractivity contribution in [2.75, 3.05) is 11.9 Å². The van der Waals surface area contributed by atoms with Crippen LogP contribution in [0.4, 0.5) is 14.9 Å². The first-order valence-corrected chi connectivity index (χ1v) is 8.61. The van der Waals surface area contributed by atoms with Crippen molar-refractivity contribution in [1.29, 1.82) is 0 Å². The third-order valence-corrected chi connectivity index (χ3v) is 4.51. The van der Waals surface area contributed by atoms with Crippen molar-refractivity contribution in [3.63, 3.8) is 0 Å². The first kappa shape index (κ1) is 18.6. The molecule has 7 heteroatoms. The third-order valence-electron chi connectivity index (χ3n) is 4.51. The molecule has 0 bridgehead atoms. The lowest BCUT2D eigenvalue weighted by atomic mass is 9.93. The fourth-order valence-corrected chi connectivity index (χ4v) is 3.01. The number of benzene rings is 2. The SMILES string of the molecule is C[C@@]1(CCc2ccccc2)NC(=O)N(CC(=O)Nc2cccc(F)c2)C1=O. The normalized spacial score (nSPS) is 19.1. The van der Waals surface area contributed by atoms with Crippen LogP contribution in [0.15, 0.2) is 54.6 Å². The number of urea groups is 1. The Bertz CT molecular complexity index is 872. The van der Waals surface area contributed by atoms with Crippen molar-refractivity contribution in [2.24, 2.45) is 0 Å². The maximum atomic E-state index is 13.2. The Morgan fingerprint density at radius 3 is 2.59 bits per heavy atom. The highest BCUT2D eigenvalue weighted by Crippen LogP contribution is 2.23. The number of hydrogen-bond donors (Lipinski definition) is 2. The van der Waals surface area contributed by atoms with E-state index >= 15 is 0 Å². The van der Waals surface area contributed by atoms with E-state index in [2.05, 4.69) is 10.6 Å². The largest absolute Gasteiger partial charge is 0.325 e. The fourth-order valence-electron chi connectivity index (χ4n) is 3.01. The summed E-state index contributed by atoms with van der Waals surface area (Å²) in [5, 5.41) is 5.16. The summed E-state index contributed by atoms with van der Waals surface area (Å²) in [5.41, 5.74) is 0.258. The minimum Gasteiger partial charge on any atom is -0.324 e. The van der Waals surface area contributed by atoms with E-state index in [4.69, 9.17) is 0 Å². The van der Waals surface area contributed by atoms with Crippen LogP contribution in [-0.4, -0.2) is 34.8 Å². The fraction of sp³-hybridized carbons (Fsp3) is 0.250. The molecule has 0 unspecified atom stereocenters. The molecule has 1 atom stereocenters. The molecule has 1 fully saturated rings. The van der Waals surface area contributed by atoms with Crippen molar-refractivity contribution >= 4 is 23.5 Å². The third kappa shape index (κ3) is 4.31. The molecule has 0 saturated carbocycles. The summed E-state index contributed by atoms with van der Waals surface area (Å²) in [7, 11) is 0. The quantitative estimate of drug-likeness (QED) is 0.769. The maximum Gasteiger partial charge on any atom is 0.325 e. The van der Waals surface area contributed by atoms with Crippen LogP contribution < -0.4 is 10.6 Å². The number of anilines is 1. The van der Waals surface area contributed by atoms with Gasteiger partial charge in [-0.25, -0.2) is 9.18 Å². The van der Waals surface area contributed by atoms with Gasteiger partial charge in [-0.3, -0.25) is 14.5 Å². The van der Waals surface area contributed by atoms with E-state index in [0.29, 0.717) is 12.8 Å². The summed E-state index contributed by atoms with van der Waals surface area (Å²) in [5.74, 6) is -1.51. The summed E-state index contributed by atoms with van der Waals surface area (Å²) in [4.78, 5) is 38.0. The highest BCUT2D eigenvalue weighted by Gasteiger charge is 2.47. The molecule has 4 amide bonds. The number of hydrogen-bond acceptors (Lipinski definition) is 3. The van der Waals surface area contributed by atoms with Gasteiger partial charge in [-0.15, -0.1) is 0 Å². The number of imide groups is 1. The molecule has 0 spiro atoms. The van der Waals surface area contributed by atoms with Gasteiger partial charge in [0, 0.05) is 5.69 Å². The van der Waals surface area contributed by atoms with Gasteiger partial charge < -0.3 is 10.6 Å². The number of nitrogens with zero attached hydrogens (tertiary/aromatic N) is 1. The minimum atomic E-state index is -1.06. The summed E-state index contributed by atoms with van der Waals surface area (Å²) in [6.45, 7) is 1.22. The lowest BCUT2D eigenvalue weighted by Crippen LogP contribution is -2.45. The van der Waals surface area contributed by atoms with Crippen LogP contribution in [0, 0.1) is 5.82 Å². The second-order valence-corrected chi connectivity index (χ2v) is 6.70. The molecule has 2 N–H and O–H groups in total. The number of carbonyl (C=O) groups is 3. The monoisotopic (exact) mass is 369 g/mol. The van der Waals surface area contributed by atoms with Gasteiger partial charge in [-0.1, -0.05) is 36.4 Å². The summed E-state index contributed by atoms with van der Waals surface area (Å²) < 4.78 is 13.2. The molecule has 2 aromatic rings. The standard InChI is InChI=1S/C20H20FN3O3/c1-20(11-10-14-6-3-2-4-7-14)18(26)24(19(27)23-20)13-17(25)22-16-9-5-8-15(21)12-16/h2-9,12H,10-11,13H2,1H3,(H,22,25)(H,23,27)/t20-/m0/s1. The van der Waals surface area contributed by atoms with Crippen molar-refractivity contribution in [1.82, 2.24) is 10.2 Å². The molecule has 140 valence electrons. The van der Waals surface area contributed by atoms with E-state index in [1.165, 1.54) is 18.2 Å². The second-order valence-electron chi connectivity index (χ2n) is 6.70. The van der Waals surface area contributed by atoms with Crippen molar-refractivity contribution in [2.45, 2.75) is 25.3 Å². The Kier molecular flexibility index (Phi) is 5.21. The molecule has 1 heterocycles. The molecule has 6 nitrogen and oxygen atoms in total. The van der Waals surface area contributed by atoms with Crippen LogP contribution in [0.1, 0.15) is 18.9 Å². The van der Waals surface area contributed by atoms with Crippen LogP contribution >= 0.6 is 0 Å². The Morgan fingerprint density at radius 2 is 1.89 bits per heavy atom. The van der Waals surface area contributed by atoms with Gasteiger partial charge in [-0.05, 0) is 43.5 Å². The smallest absolute Gasteiger partial charge is 0.324 e. The number of aryl methyl sites for hydroxylation is 1. The predicted octanol–water partition coefficient (Wildman–Crippen LogP) is 2.71. The van der Waals surface area contributed by atoms with Crippen LogP contribution in [0.3, 0.4) is 0 Å². The van der Waals surface area contributed by atoms with E-state index in [-0.39, 0.29) is 5.69 Å². The van der Waals surface area contributed by atoms with Crippen LogP contribution in [0.5, 0.6) is 0 Å². The summed E-state index contributed by atoms with van der Waals surface area (Å²) in [6.07, 6.45) is 1.04. The molecule has 1 saturated heterocycles. The van der Waals surface area contributed by atoms with Gasteiger partial charge in [0.1, 0.15) is 17.9 Å². The number of halogens is 1. The lowest BCUT2D eigenvalue weighted by molar-refractivity contribution is -0.133. The van der Waals surface area contributed by atoms with E-state index in [9.17, 15) is 18.8 Å². The average Bonchev–Trinajstić information content (AvgIpc) is 2.84. The maximum absolute atomic E-state index is 13.2. The number of rotatable bonds is 6. The molecule has 0 aliphatic carbocycles. The van der Waals surface area contributed by atoms with Gasteiger partial charge in [0.25, 0.3) is 5.91 Å². The van der Waals surface area contributed by atoms with Gasteiger partial charge in [0.05, 0.1) is 0 Å². The van der Waals surface area contributed by atoms with E-state index in [0.717, 1.165) is 16.5 Å². The van der Waals surface area contributed by atoms with Gasteiger partial charge in [0.2, 0.25) is 5.91 Å². The Balaban J connectivity index is 1.62. The predicted molar refractivity (Wildman–Crippen MR) is 98.4 cm³/mol. The van der Waals surface area contributed by atoms with Crippen LogP contribution in [0.25, 0.3) is 0 Å². The van der Waals surface area contributed by atoms with Gasteiger partial charge in [0.15, 0.2) is 0 Å². The number of amides is 4. The molecule has 1 aliphatic rings. The second kappa shape index (κ2) is 7.57. The first-order chi connectivity index (χ1) is 12.9. The molecule has 2 aromatic carbocycles. The summed E-state index contributed by atoms with van der Waals surface area (Å²) in [6, 6.07) is 14.4. The molecule has 1 aliphatic heterocycles. The summed E-state index contributed by atoms with van der Waals surface area (Å²) >= 11 is 0. The van der Waals surface area contributed by atoms with Crippen molar-refractivity contribution in [3.8, 4) is 0 Å². The van der Waals surface area contributed by atoms with E-state index < -0.39 is 35.7 Å². The highest BCUT2D eigenvalue weighted by atomic mass is 19.1. The minimum absolute atomic E-state index is 0.263. The molecular weight excluding hydrogens is 349 g/mol. The number of nitrogens with one attached hydrogen (secondary N) is 2. The molecule has 3 rings (SSSR count). The number of carbonyl (C=O) groups excluding carboxylic acids is 3. The van der Waals surface area contributed by atoms with E-state index in [1.54, 1.807) is 6.92 Å². The van der Waals surface area contributed by atoms with Crippen molar-refractivity contribution < 1.29 is 18.8 Å². The van der Waals surface area contributed by atoms with Crippen LogP contribution in [-0.2, 0) is 16.0 Å². The van der Waals surface area contributed by atoms with E-state index in [1.807, 2.05) is 30.3 Å². The first-order valence-electron chi connectivity index (χ1n) is 8.61. The average molecular weight is 369 g/mol. The van der Waals surface area contributed by atoms with Gasteiger partial charge in [-0.2, -0.15) is 0 Å². The lowest BCUT2D eigenvalue weighted by Gasteiger charge is -2.21. The zero-order chi connectivity index (χ0) is 19.4. The Hall–Kier alpha value is -3.22. The Morgan fingerprint density at radius 1 is 1.15 bits per heavy atom. The molecule has 0 aromatic heterocycles. The molecule has 0 radical (unpaired) electrons. The Labute approximate surface area is 156 Å². The highest BCUT2D eigenvalue weighted by molar-refractivity contribution is 6.09. The zero-order valence-electron chi connectivity index (χ0n) is 14.9. The van der Waals surface area contributed by atoms with Crippen molar-refractivity contribution in [3.05, 3.63) is 66.0 Å². The van der Waals surface area contributed by atoms with Gasteiger partial charge >= 0.3 is 6.03 Å². The molecule has 27 heavy (non-hydrogen) atoms. The van der Waals surface area contributed by atoms with Crippen LogP contribution in [0.2, 0.25) is 0 Å².